The number of hydrogen-bond donors (Lipinski definition) is 0. The highest BCUT2D eigenvalue weighted by Crippen LogP contribution is 2.22. The third kappa shape index (κ3) is 4.40. The summed E-state index contributed by atoms with van der Waals surface area (Å²) >= 11 is 0. The molecule has 168 valence electrons. The Kier molecular flexibility index (Phi) is 5.81. The lowest BCUT2D eigenvalue weighted by molar-refractivity contribution is 0.0415. The van der Waals surface area contributed by atoms with Crippen LogP contribution in [0.25, 0.3) is 28.5 Å². The van der Waals surface area contributed by atoms with E-state index < -0.39 is 5.97 Å². The van der Waals surface area contributed by atoms with Crippen molar-refractivity contribution in [2.45, 2.75) is 6.61 Å². The van der Waals surface area contributed by atoms with Gasteiger partial charge in [-0.2, -0.15) is 4.98 Å². The van der Waals surface area contributed by atoms with Crippen molar-refractivity contribution in [3.63, 3.8) is 0 Å². The third-order valence-corrected chi connectivity index (χ3v) is 4.97. The molecule has 9 nitrogen and oxygen atoms in total. The van der Waals surface area contributed by atoms with Gasteiger partial charge < -0.3 is 14.0 Å². The van der Waals surface area contributed by atoms with Gasteiger partial charge in [-0.3, -0.25) is 0 Å². The summed E-state index contributed by atoms with van der Waals surface area (Å²) in [5.74, 6) is 1.02. The van der Waals surface area contributed by atoms with Gasteiger partial charge in [-0.05, 0) is 36.4 Å². The highest BCUT2D eigenvalue weighted by molar-refractivity contribution is 5.86. The first-order valence-electron chi connectivity index (χ1n) is 10.4. The van der Waals surface area contributed by atoms with E-state index in [0.29, 0.717) is 11.6 Å². The molecule has 0 radical (unpaired) electrons. The molecule has 2 heterocycles. The maximum atomic E-state index is 12.7. The van der Waals surface area contributed by atoms with Crippen LogP contribution in [0.3, 0.4) is 0 Å². The van der Waals surface area contributed by atoms with E-state index in [9.17, 15) is 4.79 Å². The number of aromatic nitrogens is 5. The van der Waals surface area contributed by atoms with Gasteiger partial charge in [0.15, 0.2) is 12.4 Å². The zero-order chi connectivity index (χ0) is 23.3. The summed E-state index contributed by atoms with van der Waals surface area (Å²) in [5.41, 5.74) is 2.34. The van der Waals surface area contributed by atoms with Crippen molar-refractivity contribution in [2.75, 3.05) is 7.11 Å². The standard InChI is InChI=1S/C25H19N5O4/c1-32-20-14-12-17(13-15-20)22-26-21(34-29-22)16-33-25(31)23-27-24(18-8-4-2-5-9-18)30(28-23)19-10-6-3-7-11-19/h2-15H,16H2,1H3. The van der Waals surface area contributed by atoms with Gasteiger partial charge in [-0.15, -0.1) is 5.10 Å². The first-order valence-corrected chi connectivity index (χ1v) is 10.4. The minimum atomic E-state index is -0.698. The van der Waals surface area contributed by atoms with E-state index in [-0.39, 0.29) is 18.3 Å². The minimum absolute atomic E-state index is 0.0717. The van der Waals surface area contributed by atoms with E-state index in [0.717, 1.165) is 22.6 Å². The van der Waals surface area contributed by atoms with E-state index in [2.05, 4.69) is 20.2 Å². The van der Waals surface area contributed by atoms with Crippen LogP contribution in [0.2, 0.25) is 0 Å². The molecule has 5 aromatic rings. The molecular formula is C25H19N5O4. The average Bonchev–Trinajstić information content (AvgIpc) is 3.56. The second kappa shape index (κ2) is 9.37. The molecule has 0 atom stereocenters. The molecule has 2 aromatic heterocycles. The van der Waals surface area contributed by atoms with Gasteiger partial charge in [0.25, 0.3) is 11.7 Å². The fourth-order valence-electron chi connectivity index (χ4n) is 3.28. The number of esters is 1. The van der Waals surface area contributed by atoms with Gasteiger partial charge in [-0.25, -0.2) is 14.5 Å². The zero-order valence-corrected chi connectivity index (χ0v) is 18.2. The van der Waals surface area contributed by atoms with Crippen LogP contribution in [0.15, 0.2) is 89.5 Å². The average molecular weight is 453 g/mol. The highest BCUT2D eigenvalue weighted by atomic mass is 16.6. The van der Waals surface area contributed by atoms with Crippen LogP contribution in [0, 0.1) is 0 Å². The minimum Gasteiger partial charge on any atom is -0.497 e. The van der Waals surface area contributed by atoms with Gasteiger partial charge in [-0.1, -0.05) is 53.7 Å². The number of carbonyl (C=O) groups is 1. The topological polar surface area (TPSA) is 105 Å². The van der Waals surface area contributed by atoms with Crippen LogP contribution < -0.4 is 4.74 Å². The molecule has 5 rings (SSSR count). The van der Waals surface area contributed by atoms with Crippen molar-refractivity contribution in [3.8, 4) is 34.2 Å². The molecular weight excluding hydrogens is 434 g/mol. The first-order chi connectivity index (χ1) is 16.7. The third-order valence-electron chi connectivity index (χ3n) is 4.97. The molecule has 0 aliphatic rings. The van der Waals surface area contributed by atoms with E-state index in [1.54, 1.807) is 23.9 Å². The van der Waals surface area contributed by atoms with Gasteiger partial charge in [0.05, 0.1) is 12.8 Å². The van der Waals surface area contributed by atoms with Crippen molar-refractivity contribution in [1.29, 1.82) is 0 Å². The molecule has 0 unspecified atom stereocenters. The number of ether oxygens (including phenoxy) is 2. The molecule has 0 aliphatic carbocycles. The summed E-state index contributed by atoms with van der Waals surface area (Å²) in [6.45, 7) is -0.206. The quantitative estimate of drug-likeness (QED) is 0.335. The Morgan fingerprint density at radius 2 is 1.59 bits per heavy atom. The fraction of sp³-hybridized carbons (Fsp3) is 0.0800. The number of methoxy groups -OCH3 is 1. The predicted molar refractivity (Wildman–Crippen MR) is 122 cm³/mol. The zero-order valence-electron chi connectivity index (χ0n) is 18.2. The molecule has 9 heteroatoms. The summed E-state index contributed by atoms with van der Waals surface area (Å²) < 4.78 is 17.3. The normalized spacial score (nSPS) is 10.7. The monoisotopic (exact) mass is 453 g/mol. The lowest BCUT2D eigenvalue weighted by Gasteiger charge is -2.05. The molecule has 0 fully saturated rings. The Balaban J connectivity index is 1.34. The maximum Gasteiger partial charge on any atom is 0.378 e. The smallest absolute Gasteiger partial charge is 0.378 e. The van der Waals surface area contributed by atoms with Crippen molar-refractivity contribution in [3.05, 3.63) is 96.6 Å². The van der Waals surface area contributed by atoms with E-state index in [1.165, 1.54) is 0 Å². The summed E-state index contributed by atoms with van der Waals surface area (Å²) in [6, 6.07) is 26.2. The van der Waals surface area contributed by atoms with Gasteiger partial charge in [0, 0.05) is 11.1 Å². The van der Waals surface area contributed by atoms with Gasteiger partial charge in [0.2, 0.25) is 5.82 Å². The molecule has 0 spiro atoms. The van der Waals surface area contributed by atoms with E-state index in [4.69, 9.17) is 14.0 Å². The van der Waals surface area contributed by atoms with Crippen molar-refractivity contribution in [2.24, 2.45) is 0 Å². The number of rotatable bonds is 7. The van der Waals surface area contributed by atoms with Crippen LogP contribution in [-0.4, -0.2) is 38.0 Å². The molecule has 0 amide bonds. The lowest BCUT2D eigenvalue weighted by Crippen LogP contribution is -2.08. The molecule has 34 heavy (non-hydrogen) atoms. The molecule has 0 aliphatic heterocycles. The van der Waals surface area contributed by atoms with Crippen molar-refractivity contribution < 1.29 is 18.8 Å². The Labute approximate surface area is 194 Å². The van der Waals surface area contributed by atoms with Crippen LogP contribution in [0.4, 0.5) is 0 Å². The first kappa shape index (κ1) is 21.1. The Morgan fingerprint density at radius 1 is 0.882 bits per heavy atom. The summed E-state index contributed by atoms with van der Waals surface area (Å²) in [6.07, 6.45) is 0. The summed E-state index contributed by atoms with van der Waals surface area (Å²) in [4.78, 5) is 21.4. The van der Waals surface area contributed by atoms with Crippen LogP contribution in [-0.2, 0) is 11.3 Å². The summed E-state index contributed by atoms with van der Waals surface area (Å²) in [7, 11) is 1.59. The van der Waals surface area contributed by atoms with Crippen LogP contribution >= 0.6 is 0 Å². The SMILES string of the molecule is COc1ccc(-c2noc(COC(=O)c3nc(-c4ccccc4)n(-c4ccccc4)n3)n2)cc1. The Bertz CT molecular complexity index is 1340. The second-order valence-electron chi connectivity index (χ2n) is 7.19. The van der Waals surface area contributed by atoms with Crippen molar-refractivity contribution in [1.82, 2.24) is 24.9 Å². The molecule has 3 aromatic carbocycles. The number of carbonyl (C=O) groups excluding carboxylic acids is 1. The van der Waals surface area contributed by atoms with Crippen LogP contribution in [0.5, 0.6) is 5.75 Å². The number of benzene rings is 3. The number of hydrogen-bond acceptors (Lipinski definition) is 8. The summed E-state index contributed by atoms with van der Waals surface area (Å²) in [5, 5.41) is 8.33. The van der Waals surface area contributed by atoms with Crippen molar-refractivity contribution >= 4 is 5.97 Å². The largest absolute Gasteiger partial charge is 0.497 e. The maximum absolute atomic E-state index is 12.7. The fourth-order valence-corrected chi connectivity index (χ4v) is 3.28. The van der Waals surface area contributed by atoms with Gasteiger partial charge in [0.1, 0.15) is 5.75 Å². The molecule has 0 bridgehead atoms. The number of nitrogens with zero attached hydrogens (tertiary/aromatic N) is 5. The van der Waals surface area contributed by atoms with Gasteiger partial charge >= 0.3 is 5.97 Å². The van der Waals surface area contributed by atoms with E-state index in [1.807, 2.05) is 72.8 Å². The Hall–Kier alpha value is -4.79. The predicted octanol–water partition coefficient (Wildman–Crippen LogP) is 4.35. The van der Waals surface area contributed by atoms with E-state index >= 15 is 0 Å². The highest BCUT2D eigenvalue weighted by Gasteiger charge is 2.21. The molecule has 0 N–H and O–H groups in total. The number of para-hydroxylation sites is 1. The molecule has 0 saturated heterocycles. The second-order valence-corrected chi connectivity index (χ2v) is 7.19. The molecule has 0 saturated carbocycles. The Morgan fingerprint density at radius 3 is 2.29 bits per heavy atom. The van der Waals surface area contributed by atoms with Crippen LogP contribution in [0.1, 0.15) is 16.5 Å². The lowest BCUT2D eigenvalue weighted by atomic mass is 10.2.